The number of methoxy groups -OCH3 is 1. The van der Waals surface area contributed by atoms with Gasteiger partial charge in [-0.05, 0) is 29.3 Å². The number of carbonyl (C=O) groups excluding carboxylic acids is 1. The van der Waals surface area contributed by atoms with Crippen molar-refractivity contribution >= 4 is 28.6 Å². The monoisotopic (exact) mass is 356 g/mol. The molecule has 0 radical (unpaired) electrons. The molecule has 0 saturated carbocycles. The van der Waals surface area contributed by atoms with Crippen LogP contribution in [-0.2, 0) is 16.1 Å². The van der Waals surface area contributed by atoms with Crippen LogP contribution in [-0.4, -0.2) is 13.0 Å². The number of hydrogen-bond donors (Lipinski definition) is 2. The average molecular weight is 356 g/mol. The van der Waals surface area contributed by atoms with Crippen LogP contribution in [0.15, 0.2) is 78.9 Å². The molecule has 3 aromatic carbocycles. The highest BCUT2D eigenvalue weighted by molar-refractivity contribution is 6.37. The molecular weight excluding hydrogens is 336 g/mol. The van der Waals surface area contributed by atoms with E-state index in [4.69, 9.17) is 4.74 Å². The highest BCUT2D eigenvalue weighted by Gasteiger charge is 2.27. The molecular formula is C23H20N2O2. The molecule has 0 bridgehead atoms. The van der Waals surface area contributed by atoms with Crippen LogP contribution in [0.1, 0.15) is 16.7 Å². The fourth-order valence-electron chi connectivity index (χ4n) is 3.30. The van der Waals surface area contributed by atoms with Gasteiger partial charge in [0, 0.05) is 24.0 Å². The minimum absolute atomic E-state index is 0.101. The normalized spacial score (nSPS) is 14.5. The molecule has 3 aromatic rings. The molecule has 0 saturated heterocycles. The van der Waals surface area contributed by atoms with E-state index in [1.807, 2.05) is 78.9 Å². The van der Waals surface area contributed by atoms with Gasteiger partial charge in [-0.2, -0.15) is 0 Å². The van der Waals surface area contributed by atoms with E-state index in [0.29, 0.717) is 12.2 Å². The topological polar surface area (TPSA) is 50.4 Å². The molecule has 1 aliphatic rings. The molecule has 0 unspecified atom stereocenters. The van der Waals surface area contributed by atoms with Crippen molar-refractivity contribution in [2.75, 3.05) is 17.7 Å². The Morgan fingerprint density at radius 2 is 1.74 bits per heavy atom. The molecule has 1 aliphatic heterocycles. The number of rotatable bonds is 5. The zero-order valence-electron chi connectivity index (χ0n) is 15.0. The molecule has 0 atom stereocenters. The molecule has 0 aromatic heterocycles. The average Bonchev–Trinajstić information content (AvgIpc) is 3.03. The number of carbonyl (C=O) groups is 1. The zero-order valence-corrected chi connectivity index (χ0v) is 15.0. The number of anilines is 2. The van der Waals surface area contributed by atoms with Gasteiger partial charge in [-0.1, -0.05) is 60.7 Å². The Kier molecular flexibility index (Phi) is 4.73. The maximum Gasteiger partial charge on any atom is 0.258 e. The summed E-state index contributed by atoms with van der Waals surface area (Å²) in [7, 11) is 1.68. The van der Waals surface area contributed by atoms with Gasteiger partial charge < -0.3 is 15.4 Å². The Bertz CT molecular complexity index is 1010. The first-order valence-electron chi connectivity index (χ1n) is 8.81. The highest BCUT2D eigenvalue weighted by Crippen LogP contribution is 2.37. The van der Waals surface area contributed by atoms with Crippen LogP contribution in [0.3, 0.4) is 0 Å². The summed E-state index contributed by atoms with van der Waals surface area (Å²) < 4.78 is 5.23. The Morgan fingerprint density at radius 1 is 0.963 bits per heavy atom. The second-order valence-corrected chi connectivity index (χ2v) is 6.37. The summed E-state index contributed by atoms with van der Waals surface area (Å²) in [6.45, 7) is 0.538. The lowest BCUT2D eigenvalue weighted by molar-refractivity contribution is -0.110. The number of nitrogens with one attached hydrogen (secondary N) is 2. The van der Waals surface area contributed by atoms with Crippen molar-refractivity contribution in [3.05, 3.63) is 95.6 Å². The lowest BCUT2D eigenvalue weighted by Gasteiger charge is -2.15. The van der Waals surface area contributed by atoms with E-state index in [-0.39, 0.29) is 5.91 Å². The van der Waals surface area contributed by atoms with Crippen molar-refractivity contribution in [2.45, 2.75) is 6.61 Å². The van der Waals surface area contributed by atoms with Gasteiger partial charge in [0.1, 0.15) is 0 Å². The lowest BCUT2D eigenvalue weighted by atomic mass is 10.00. The van der Waals surface area contributed by atoms with Crippen molar-refractivity contribution in [1.82, 2.24) is 0 Å². The second-order valence-electron chi connectivity index (χ2n) is 6.37. The van der Waals surface area contributed by atoms with Gasteiger partial charge in [0.15, 0.2) is 0 Å². The number of fused-ring (bicyclic) bond motifs is 1. The summed E-state index contributed by atoms with van der Waals surface area (Å²) in [5, 5.41) is 6.43. The Morgan fingerprint density at radius 3 is 2.56 bits per heavy atom. The van der Waals surface area contributed by atoms with Crippen molar-refractivity contribution in [2.24, 2.45) is 0 Å². The van der Waals surface area contributed by atoms with Crippen molar-refractivity contribution < 1.29 is 9.53 Å². The number of benzene rings is 3. The summed E-state index contributed by atoms with van der Waals surface area (Å²) in [5.41, 5.74) is 6.10. The van der Waals surface area contributed by atoms with Crippen molar-refractivity contribution in [1.29, 1.82) is 0 Å². The molecule has 4 rings (SSSR count). The number of amides is 1. The minimum Gasteiger partial charge on any atom is -0.380 e. The van der Waals surface area contributed by atoms with E-state index in [1.54, 1.807) is 7.11 Å². The van der Waals surface area contributed by atoms with Gasteiger partial charge in [-0.15, -0.1) is 0 Å². The maximum atomic E-state index is 12.8. The van der Waals surface area contributed by atoms with E-state index < -0.39 is 0 Å². The second kappa shape index (κ2) is 7.48. The third-order valence-corrected chi connectivity index (χ3v) is 4.49. The summed E-state index contributed by atoms with van der Waals surface area (Å²) in [5.74, 6) is -0.101. The predicted octanol–water partition coefficient (Wildman–Crippen LogP) is 4.77. The van der Waals surface area contributed by atoms with E-state index in [0.717, 1.165) is 33.8 Å². The molecule has 4 heteroatoms. The first-order valence-corrected chi connectivity index (χ1v) is 8.81. The molecule has 0 spiro atoms. The number of ether oxygens (including phenoxy) is 1. The quantitative estimate of drug-likeness (QED) is 0.648. The number of para-hydroxylation sites is 1. The smallest absolute Gasteiger partial charge is 0.258 e. The van der Waals surface area contributed by atoms with Gasteiger partial charge in [0.05, 0.1) is 17.9 Å². The van der Waals surface area contributed by atoms with Crippen molar-refractivity contribution in [3.63, 3.8) is 0 Å². The SMILES string of the molecule is COCc1cccc(N/C(=C2\C(=O)Nc3ccccc32)c2ccccc2)c1. The highest BCUT2D eigenvalue weighted by atomic mass is 16.5. The molecule has 4 nitrogen and oxygen atoms in total. The Labute approximate surface area is 158 Å². The molecule has 134 valence electrons. The molecule has 0 fully saturated rings. The van der Waals surface area contributed by atoms with Crippen LogP contribution in [0.4, 0.5) is 11.4 Å². The van der Waals surface area contributed by atoms with E-state index in [2.05, 4.69) is 10.6 Å². The summed E-state index contributed by atoms with van der Waals surface area (Å²) >= 11 is 0. The lowest BCUT2D eigenvalue weighted by Crippen LogP contribution is -2.10. The maximum absolute atomic E-state index is 12.8. The van der Waals surface area contributed by atoms with Gasteiger partial charge in [-0.25, -0.2) is 0 Å². The third-order valence-electron chi connectivity index (χ3n) is 4.49. The molecule has 1 amide bonds. The molecule has 1 heterocycles. The van der Waals surface area contributed by atoms with Crippen LogP contribution in [0.25, 0.3) is 11.3 Å². The van der Waals surface area contributed by atoms with E-state index in [1.165, 1.54) is 0 Å². The minimum atomic E-state index is -0.101. The van der Waals surface area contributed by atoms with Gasteiger partial charge in [0.25, 0.3) is 5.91 Å². The van der Waals surface area contributed by atoms with Crippen molar-refractivity contribution in [3.8, 4) is 0 Å². The van der Waals surface area contributed by atoms with Crippen LogP contribution in [0.2, 0.25) is 0 Å². The van der Waals surface area contributed by atoms with Crippen LogP contribution >= 0.6 is 0 Å². The standard InChI is InChI=1S/C23H20N2O2/c1-27-15-16-8-7-11-18(14-16)24-22(17-9-3-2-4-10-17)21-19-12-5-6-13-20(19)25-23(21)26/h2-14,24H,15H2,1H3,(H,25,26)/b22-21-. The predicted molar refractivity (Wildman–Crippen MR) is 109 cm³/mol. The van der Waals surface area contributed by atoms with Crippen LogP contribution in [0, 0.1) is 0 Å². The largest absolute Gasteiger partial charge is 0.380 e. The Hall–Kier alpha value is -3.37. The van der Waals surface area contributed by atoms with Gasteiger partial charge in [0.2, 0.25) is 0 Å². The molecule has 27 heavy (non-hydrogen) atoms. The zero-order chi connectivity index (χ0) is 18.6. The summed E-state index contributed by atoms with van der Waals surface area (Å²) in [6.07, 6.45) is 0. The summed E-state index contributed by atoms with van der Waals surface area (Å²) in [4.78, 5) is 12.8. The third kappa shape index (κ3) is 3.48. The summed E-state index contributed by atoms with van der Waals surface area (Å²) in [6, 6.07) is 25.7. The number of hydrogen-bond acceptors (Lipinski definition) is 3. The Balaban J connectivity index is 1.84. The fraction of sp³-hybridized carbons (Fsp3) is 0.0870. The van der Waals surface area contributed by atoms with Crippen LogP contribution < -0.4 is 10.6 Å². The van der Waals surface area contributed by atoms with Gasteiger partial charge in [-0.3, -0.25) is 4.79 Å². The fourth-order valence-corrected chi connectivity index (χ4v) is 3.30. The molecule has 2 N–H and O–H groups in total. The van der Waals surface area contributed by atoms with Gasteiger partial charge >= 0.3 is 0 Å². The van der Waals surface area contributed by atoms with E-state index in [9.17, 15) is 4.79 Å². The molecule has 0 aliphatic carbocycles. The van der Waals surface area contributed by atoms with Crippen LogP contribution in [0.5, 0.6) is 0 Å². The first kappa shape index (κ1) is 17.1. The first-order chi connectivity index (χ1) is 13.3. The van der Waals surface area contributed by atoms with E-state index >= 15 is 0 Å².